The van der Waals surface area contributed by atoms with Crippen LogP contribution < -0.4 is 10.2 Å². The summed E-state index contributed by atoms with van der Waals surface area (Å²) in [5.41, 5.74) is 1.41. The smallest absolute Gasteiger partial charge is 0.207 e. The number of ether oxygens (including phenoxy) is 1. The molecule has 0 saturated carbocycles. The van der Waals surface area contributed by atoms with Crippen molar-refractivity contribution >= 4 is 22.7 Å². The third-order valence-electron chi connectivity index (χ3n) is 4.07. The number of hydrogen-bond acceptors (Lipinski definition) is 4. The number of fused-ring (bicyclic) bond motifs is 1. The highest BCUT2D eigenvalue weighted by atomic mass is 32.2. The Kier molecular flexibility index (Phi) is 4.50. The molecule has 128 valence electrons. The molecule has 0 saturated heterocycles. The van der Waals surface area contributed by atoms with E-state index in [4.69, 9.17) is 9.15 Å². The van der Waals surface area contributed by atoms with E-state index in [0.29, 0.717) is 21.6 Å². The lowest BCUT2D eigenvalue weighted by Gasteiger charge is -2.12. The van der Waals surface area contributed by atoms with E-state index < -0.39 is 0 Å². The molecule has 0 fully saturated rings. The zero-order chi connectivity index (χ0) is 17.9. The van der Waals surface area contributed by atoms with Crippen LogP contribution in [0.1, 0.15) is 0 Å². The predicted octanol–water partition coefficient (Wildman–Crippen LogP) is 5.62. The maximum Gasteiger partial charge on any atom is 0.207 e. The van der Waals surface area contributed by atoms with E-state index >= 15 is 0 Å². The van der Waals surface area contributed by atoms with Gasteiger partial charge in [-0.05, 0) is 24.3 Å². The van der Waals surface area contributed by atoms with Gasteiger partial charge in [0.2, 0.25) is 5.43 Å². The first-order chi connectivity index (χ1) is 12.8. The highest BCUT2D eigenvalue weighted by Gasteiger charge is 2.18. The van der Waals surface area contributed by atoms with Crippen LogP contribution in [-0.2, 0) is 0 Å². The fourth-order valence-electron chi connectivity index (χ4n) is 2.81. The summed E-state index contributed by atoms with van der Waals surface area (Å²) in [5, 5.41) is 0.574. The third kappa shape index (κ3) is 3.00. The Hall–Kier alpha value is -2.98. The Morgan fingerprint density at radius 2 is 1.54 bits per heavy atom. The minimum atomic E-state index is -0.0402. The number of methoxy groups -OCH3 is 1. The van der Waals surface area contributed by atoms with Crippen molar-refractivity contribution in [3.8, 4) is 17.1 Å². The second-order valence-electron chi connectivity index (χ2n) is 5.70. The van der Waals surface area contributed by atoms with Crippen molar-refractivity contribution in [2.75, 3.05) is 7.11 Å². The van der Waals surface area contributed by atoms with Crippen LogP contribution in [0.4, 0.5) is 0 Å². The zero-order valence-electron chi connectivity index (χ0n) is 14.1. The van der Waals surface area contributed by atoms with E-state index in [9.17, 15) is 4.79 Å². The average molecular weight is 360 g/mol. The van der Waals surface area contributed by atoms with Gasteiger partial charge in [0.15, 0.2) is 5.76 Å². The summed E-state index contributed by atoms with van der Waals surface area (Å²) in [4.78, 5) is 14.6. The normalized spacial score (nSPS) is 10.8. The molecule has 0 aliphatic rings. The largest absolute Gasteiger partial charge is 0.496 e. The maximum absolute atomic E-state index is 13.2. The molecule has 26 heavy (non-hydrogen) atoms. The number of para-hydroxylation sites is 2. The minimum Gasteiger partial charge on any atom is -0.496 e. The van der Waals surface area contributed by atoms with Crippen LogP contribution in [0, 0.1) is 0 Å². The summed E-state index contributed by atoms with van der Waals surface area (Å²) < 4.78 is 11.6. The van der Waals surface area contributed by atoms with Crippen molar-refractivity contribution in [3.05, 3.63) is 89.1 Å². The Bertz CT molecular complexity index is 1120. The molecule has 4 aromatic rings. The SMILES string of the molecule is COc1ccccc1Sc1c(-c2ccccc2)oc2ccccc2c1=O. The number of benzene rings is 3. The van der Waals surface area contributed by atoms with Crippen LogP contribution in [0.2, 0.25) is 0 Å². The zero-order valence-corrected chi connectivity index (χ0v) is 15.0. The predicted molar refractivity (Wildman–Crippen MR) is 105 cm³/mol. The molecule has 0 N–H and O–H groups in total. The van der Waals surface area contributed by atoms with Gasteiger partial charge in [-0.25, -0.2) is 0 Å². The minimum absolute atomic E-state index is 0.0402. The highest BCUT2D eigenvalue weighted by Crippen LogP contribution is 2.39. The first-order valence-corrected chi connectivity index (χ1v) is 9.01. The van der Waals surface area contributed by atoms with Gasteiger partial charge in [0.1, 0.15) is 16.2 Å². The van der Waals surface area contributed by atoms with Crippen LogP contribution in [0.5, 0.6) is 5.75 Å². The van der Waals surface area contributed by atoms with Crippen molar-refractivity contribution < 1.29 is 9.15 Å². The molecule has 0 amide bonds. The summed E-state index contributed by atoms with van der Waals surface area (Å²) in [6, 6.07) is 24.7. The Balaban J connectivity index is 1.97. The summed E-state index contributed by atoms with van der Waals surface area (Å²) >= 11 is 1.37. The van der Waals surface area contributed by atoms with E-state index in [-0.39, 0.29) is 5.43 Å². The van der Waals surface area contributed by atoms with Crippen LogP contribution in [-0.4, -0.2) is 7.11 Å². The van der Waals surface area contributed by atoms with E-state index in [2.05, 4.69) is 0 Å². The molecule has 3 nitrogen and oxygen atoms in total. The molecule has 4 heteroatoms. The lowest BCUT2D eigenvalue weighted by Crippen LogP contribution is -2.06. The average Bonchev–Trinajstić information content (AvgIpc) is 2.71. The van der Waals surface area contributed by atoms with Gasteiger partial charge >= 0.3 is 0 Å². The summed E-state index contributed by atoms with van der Waals surface area (Å²) in [6.45, 7) is 0. The van der Waals surface area contributed by atoms with Gasteiger partial charge < -0.3 is 9.15 Å². The van der Waals surface area contributed by atoms with Gasteiger partial charge in [0.25, 0.3) is 0 Å². The molecule has 0 unspecified atom stereocenters. The van der Waals surface area contributed by atoms with Crippen molar-refractivity contribution in [1.82, 2.24) is 0 Å². The van der Waals surface area contributed by atoms with Gasteiger partial charge in [0.05, 0.1) is 17.4 Å². The molecule has 0 atom stereocenters. The van der Waals surface area contributed by atoms with E-state index in [1.54, 1.807) is 13.2 Å². The number of hydrogen-bond donors (Lipinski definition) is 0. The molecule has 4 rings (SSSR count). The van der Waals surface area contributed by atoms with Gasteiger partial charge in [0, 0.05) is 5.56 Å². The van der Waals surface area contributed by atoms with Gasteiger partial charge in [-0.1, -0.05) is 66.4 Å². The fraction of sp³-hybridized carbons (Fsp3) is 0.0455. The van der Waals surface area contributed by atoms with Crippen LogP contribution in [0.3, 0.4) is 0 Å². The molecule has 0 radical (unpaired) electrons. The Labute approximate surface area is 155 Å². The summed E-state index contributed by atoms with van der Waals surface area (Å²) in [5.74, 6) is 1.30. The van der Waals surface area contributed by atoms with Crippen molar-refractivity contribution in [1.29, 1.82) is 0 Å². The first kappa shape index (κ1) is 16.5. The van der Waals surface area contributed by atoms with E-state index in [1.165, 1.54) is 11.8 Å². The van der Waals surface area contributed by atoms with Crippen LogP contribution >= 0.6 is 11.8 Å². The molecule has 0 aliphatic heterocycles. The first-order valence-electron chi connectivity index (χ1n) is 8.20. The van der Waals surface area contributed by atoms with Crippen molar-refractivity contribution in [2.24, 2.45) is 0 Å². The lowest BCUT2D eigenvalue weighted by atomic mass is 10.1. The topological polar surface area (TPSA) is 39.4 Å². The van der Waals surface area contributed by atoms with Crippen molar-refractivity contribution in [3.63, 3.8) is 0 Å². The summed E-state index contributed by atoms with van der Waals surface area (Å²) in [6.07, 6.45) is 0. The Morgan fingerprint density at radius 1 is 0.846 bits per heavy atom. The maximum atomic E-state index is 13.2. The molecular weight excluding hydrogens is 344 g/mol. The van der Waals surface area contributed by atoms with Gasteiger partial charge in [-0.3, -0.25) is 4.79 Å². The lowest BCUT2D eigenvalue weighted by molar-refractivity contribution is 0.405. The molecule has 3 aromatic carbocycles. The molecule has 1 aromatic heterocycles. The highest BCUT2D eigenvalue weighted by molar-refractivity contribution is 7.99. The van der Waals surface area contributed by atoms with Gasteiger partial charge in [-0.2, -0.15) is 0 Å². The van der Waals surface area contributed by atoms with Crippen LogP contribution in [0.15, 0.2) is 97.9 Å². The second-order valence-corrected chi connectivity index (χ2v) is 6.76. The number of rotatable bonds is 4. The molecule has 1 heterocycles. The second kappa shape index (κ2) is 7.10. The standard InChI is InChI=1S/C22H16O3S/c1-24-18-13-7-8-14-19(18)26-22-20(23)16-11-5-6-12-17(16)25-21(22)15-9-3-2-4-10-15/h2-14H,1H3. The van der Waals surface area contributed by atoms with Crippen molar-refractivity contribution in [2.45, 2.75) is 9.79 Å². The van der Waals surface area contributed by atoms with E-state index in [1.807, 2.05) is 72.8 Å². The van der Waals surface area contributed by atoms with Gasteiger partial charge in [-0.15, -0.1) is 0 Å². The fourth-order valence-corrected chi connectivity index (χ4v) is 3.88. The van der Waals surface area contributed by atoms with Crippen LogP contribution in [0.25, 0.3) is 22.3 Å². The quantitative estimate of drug-likeness (QED) is 0.473. The molecule has 0 bridgehead atoms. The summed E-state index contributed by atoms with van der Waals surface area (Å²) in [7, 11) is 1.63. The molecule has 0 aliphatic carbocycles. The third-order valence-corrected chi connectivity index (χ3v) is 5.21. The molecule has 0 spiro atoms. The Morgan fingerprint density at radius 3 is 2.35 bits per heavy atom. The van der Waals surface area contributed by atoms with E-state index in [0.717, 1.165) is 16.2 Å². The monoisotopic (exact) mass is 360 g/mol. The molecular formula is C22H16O3S.